The minimum Gasteiger partial charge on any atom is -0.480 e. The Labute approximate surface area is 158 Å². The number of carboxylic acid groups (broad SMARTS) is 2. The van der Waals surface area contributed by atoms with Gasteiger partial charge in [0.2, 0.25) is 0 Å². The van der Waals surface area contributed by atoms with Gasteiger partial charge in [0.15, 0.2) is 0 Å². The van der Waals surface area contributed by atoms with Crippen LogP contribution in [0.4, 0.5) is 0 Å². The number of carbonyl (C=O) groups excluding carboxylic acids is 2. The van der Waals surface area contributed by atoms with Crippen LogP contribution in [-0.4, -0.2) is 40.1 Å². The fourth-order valence-electron chi connectivity index (χ4n) is 2.20. The van der Waals surface area contributed by atoms with Gasteiger partial charge in [-0.05, 0) is 42.0 Å². The van der Waals surface area contributed by atoms with Crippen LogP contribution in [0.15, 0.2) is 48.5 Å². The Bertz CT molecular complexity index is 944. The highest BCUT2D eigenvalue weighted by Crippen LogP contribution is 2.16. The van der Waals surface area contributed by atoms with Gasteiger partial charge in [-0.3, -0.25) is 4.79 Å². The highest BCUT2D eigenvalue weighted by atomic mass is 16.5. The predicted octanol–water partition coefficient (Wildman–Crippen LogP) is 0.974. The summed E-state index contributed by atoms with van der Waals surface area (Å²) in [7, 11) is 0. The minimum atomic E-state index is -1.78. The number of carboxylic acids is 2. The van der Waals surface area contributed by atoms with Gasteiger partial charge in [-0.1, -0.05) is 12.1 Å². The van der Waals surface area contributed by atoms with E-state index < -0.39 is 29.9 Å². The van der Waals surface area contributed by atoms with Crippen molar-refractivity contribution >= 4 is 23.8 Å². The molecule has 0 spiro atoms. The molecule has 0 unspecified atom stereocenters. The summed E-state index contributed by atoms with van der Waals surface area (Å²) in [5.41, 5.74) is 1.14. The van der Waals surface area contributed by atoms with Crippen molar-refractivity contribution in [1.29, 1.82) is 5.26 Å². The minimum absolute atomic E-state index is 0.155. The molecule has 2 aromatic rings. The Morgan fingerprint density at radius 1 is 1.00 bits per heavy atom. The van der Waals surface area contributed by atoms with E-state index in [-0.39, 0.29) is 17.7 Å². The van der Waals surface area contributed by atoms with Crippen LogP contribution in [0.3, 0.4) is 0 Å². The van der Waals surface area contributed by atoms with Crippen LogP contribution in [0.25, 0.3) is 0 Å². The third-order valence-corrected chi connectivity index (χ3v) is 3.62. The van der Waals surface area contributed by atoms with E-state index in [2.05, 4.69) is 0 Å². The lowest BCUT2D eigenvalue weighted by Crippen LogP contribution is -2.45. The molecular formula is C19H14N2O7. The normalized spacial score (nSPS) is 11.0. The molecule has 9 nitrogen and oxygen atoms in total. The molecule has 0 aliphatic heterocycles. The number of benzene rings is 2. The van der Waals surface area contributed by atoms with Crippen molar-refractivity contribution in [2.24, 2.45) is 0 Å². The lowest BCUT2D eigenvalue weighted by atomic mass is 10.1. The summed E-state index contributed by atoms with van der Waals surface area (Å²) >= 11 is 0. The van der Waals surface area contributed by atoms with Gasteiger partial charge < -0.3 is 20.3 Å². The first-order valence-corrected chi connectivity index (χ1v) is 7.88. The molecule has 0 aromatic heterocycles. The van der Waals surface area contributed by atoms with Crippen LogP contribution >= 0.6 is 0 Å². The Hall–Kier alpha value is -4.19. The third-order valence-electron chi connectivity index (χ3n) is 3.62. The van der Waals surface area contributed by atoms with E-state index in [0.717, 1.165) is 0 Å². The van der Waals surface area contributed by atoms with Gasteiger partial charge in [0.1, 0.15) is 11.8 Å². The number of nitrogens with one attached hydrogen (secondary N) is 1. The first-order chi connectivity index (χ1) is 13.3. The number of nitrogens with zero attached hydrogens (tertiary/aromatic N) is 1. The maximum atomic E-state index is 12.1. The Kier molecular flexibility index (Phi) is 6.44. The summed E-state index contributed by atoms with van der Waals surface area (Å²) < 4.78 is 5.19. The average Bonchev–Trinajstić information content (AvgIpc) is 2.68. The highest BCUT2D eigenvalue weighted by Gasteiger charge is 2.23. The summed E-state index contributed by atoms with van der Waals surface area (Å²) in [5, 5.41) is 28.3. The van der Waals surface area contributed by atoms with Gasteiger partial charge in [0.25, 0.3) is 0 Å². The van der Waals surface area contributed by atoms with Crippen molar-refractivity contribution in [3.63, 3.8) is 0 Å². The first-order valence-electron chi connectivity index (χ1n) is 7.88. The molecule has 0 heterocycles. The molecule has 1 atom stereocenters. The van der Waals surface area contributed by atoms with Crippen molar-refractivity contribution < 1.29 is 34.1 Å². The number of nitriles is 1. The quantitative estimate of drug-likeness (QED) is 0.379. The van der Waals surface area contributed by atoms with E-state index in [1.54, 1.807) is 0 Å². The molecule has 0 saturated carbocycles. The van der Waals surface area contributed by atoms with Gasteiger partial charge in [-0.25, -0.2) is 14.4 Å². The largest absolute Gasteiger partial charge is 0.480 e. The zero-order valence-corrected chi connectivity index (χ0v) is 14.3. The van der Waals surface area contributed by atoms with E-state index >= 15 is 0 Å². The topological polar surface area (TPSA) is 154 Å². The van der Waals surface area contributed by atoms with E-state index in [4.69, 9.17) is 20.2 Å². The number of aliphatic carboxylic acids is 2. The fourth-order valence-corrected chi connectivity index (χ4v) is 2.20. The van der Waals surface area contributed by atoms with Crippen LogP contribution in [0.5, 0.6) is 5.75 Å². The van der Waals surface area contributed by atoms with Gasteiger partial charge >= 0.3 is 23.8 Å². The molecule has 2 rings (SSSR count). The Morgan fingerprint density at radius 2 is 1.61 bits per heavy atom. The number of ether oxygens (including phenoxy) is 1. The SMILES string of the molecule is N#Cc1ccc(C(=O)Oc2ccc(C[C@@H](NC(=O)C(=O)O)C(=O)O)cc2)cc1. The zero-order valence-electron chi connectivity index (χ0n) is 14.3. The van der Waals surface area contributed by atoms with Gasteiger partial charge in [-0.2, -0.15) is 5.26 Å². The smallest absolute Gasteiger partial charge is 0.394 e. The van der Waals surface area contributed by atoms with E-state index in [1.165, 1.54) is 48.5 Å². The Balaban J connectivity index is 2.02. The van der Waals surface area contributed by atoms with Crippen LogP contribution < -0.4 is 10.1 Å². The van der Waals surface area contributed by atoms with Crippen molar-refractivity contribution in [1.82, 2.24) is 5.32 Å². The van der Waals surface area contributed by atoms with Crippen LogP contribution in [0, 0.1) is 11.3 Å². The molecule has 0 saturated heterocycles. The molecule has 28 heavy (non-hydrogen) atoms. The maximum absolute atomic E-state index is 12.1. The molecule has 142 valence electrons. The summed E-state index contributed by atoms with van der Waals surface area (Å²) in [6.07, 6.45) is -0.155. The fraction of sp³-hybridized carbons (Fsp3) is 0.105. The molecular weight excluding hydrogens is 368 g/mol. The lowest BCUT2D eigenvalue weighted by Gasteiger charge is -2.13. The summed E-state index contributed by atoms with van der Waals surface area (Å²) in [5.74, 6) is -5.00. The second kappa shape index (κ2) is 8.95. The molecule has 0 aliphatic rings. The maximum Gasteiger partial charge on any atom is 0.394 e. The number of carbonyl (C=O) groups is 4. The molecule has 0 bridgehead atoms. The highest BCUT2D eigenvalue weighted by molar-refractivity contribution is 6.31. The lowest BCUT2D eigenvalue weighted by molar-refractivity contribution is -0.152. The number of amides is 1. The van der Waals surface area contributed by atoms with Crippen LogP contribution in [-0.2, 0) is 20.8 Å². The van der Waals surface area contributed by atoms with Crippen molar-refractivity contribution in [3.8, 4) is 11.8 Å². The number of esters is 1. The summed E-state index contributed by atoms with van der Waals surface area (Å²) in [4.78, 5) is 44.9. The van der Waals surface area contributed by atoms with Crippen molar-refractivity contribution in [2.45, 2.75) is 12.5 Å². The zero-order chi connectivity index (χ0) is 20.7. The number of rotatable bonds is 6. The third kappa shape index (κ3) is 5.40. The molecule has 0 radical (unpaired) electrons. The van der Waals surface area contributed by atoms with Gasteiger partial charge in [-0.15, -0.1) is 0 Å². The van der Waals surface area contributed by atoms with E-state index in [9.17, 15) is 19.2 Å². The Morgan fingerprint density at radius 3 is 2.11 bits per heavy atom. The van der Waals surface area contributed by atoms with Crippen molar-refractivity contribution in [3.05, 3.63) is 65.2 Å². The molecule has 1 amide bonds. The van der Waals surface area contributed by atoms with Gasteiger partial charge in [0, 0.05) is 6.42 Å². The average molecular weight is 382 g/mol. The molecule has 2 aromatic carbocycles. The van der Waals surface area contributed by atoms with E-state index in [0.29, 0.717) is 11.1 Å². The van der Waals surface area contributed by atoms with Crippen molar-refractivity contribution in [2.75, 3.05) is 0 Å². The molecule has 0 fully saturated rings. The predicted molar refractivity (Wildman–Crippen MR) is 93.5 cm³/mol. The molecule has 3 N–H and O–H groups in total. The first kappa shape index (κ1) is 20.1. The second-order valence-electron chi connectivity index (χ2n) is 5.60. The molecule has 9 heteroatoms. The van der Waals surface area contributed by atoms with Crippen LogP contribution in [0.2, 0.25) is 0 Å². The van der Waals surface area contributed by atoms with E-state index in [1.807, 2.05) is 11.4 Å². The standard InChI is InChI=1S/C19H14N2O7/c20-10-12-1-5-13(6-2-12)19(27)28-14-7-3-11(4-8-14)9-15(17(23)24)21-16(22)18(25)26/h1-8,15H,9H2,(H,21,22)(H,23,24)(H,25,26)/t15-/m1/s1. The molecule has 0 aliphatic carbocycles. The van der Waals surface area contributed by atoms with Gasteiger partial charge in [0.05, 0.1) is 17.2 Å². The number of hydrogen-bond donors (Lipinski definition) is 3. The second-order valence-corrected chi connectivity index (χ2v) is 5.60. The monoisotopic (exact) mass is 382 g/mol. The number of hydrogen-bond acceptors (Lipinski definition) is 6. The summed E-state index contributed by atoms with van der Waals surface area (Å²) in [6, 6.07) is 12.3. The summed E-state index contributed by atoms with van der Waals surface area (Å²) in [6.45, 7) is 0. The van der Waals surface area contributed by atoms with Crippen LogP contribution in [0.1, 0.15) is 21.5 Å².